The Bertz CT molecular complexity index is 395. The van der Waals surface area contributed by atoms with Crippen LogP contribution in [0.3, 0.4) is 0 Å². The van der Waals surface area contributed by atoms with Gasteiger partial charge in [0.15, 0.2) is 5.11 Å². The number of benzene rings is 1. The molecule has 1 saturated heterocycles. The summed E-state index contributed by atoms with van der Waals surface area (Å²) in [6.45, 7) is 4.30. The van der Waals surface area contributed by atoms with Crippen molar-refractivity contribution in [1.29, 1.82) is 0 Å². The fourth-order valence-corrected chi connectivity index (χ4v) is 2.65. The Labute approximate surface area is 115 Å². The maximum atomic E-state index is 5.53. The quantitative estimate of drug-likeness (QED) is 0.771. The highest BCUT2D eigenvalue weighted by atomic mass is 32.1. The molecule has 2 rings (SSSR count). The molecule has 0 aliphatic carbocycles. The van der Waals surface area contributed by atoms with Crippen molar-refractivity contribution in [3.05, 3.63) is 29.8 Å². The minimum atomic E-state index is 0.881. The van der Waals surface area contributed by atoms with Crippen LogP contribution in [0.25, 0.3) is 0 Å². The Kier molecular flexibility index (Phi) is 5.00. The summed E-state index contributed by atoms with van der Waals surface area (Å²) in [5.74, 6) is 0. The second-order valence-corrected chi connectivity index (χ2v) is 5.39. The van der Waals surface area contributed by atoms with Crippen molar-refractivity contribution in [2.45, 2.75) is 39.0 Å². The van der Waals surface area contributed by atoms with Gasteiger partial charge in [0.25, 0.3) is 0 Å². The van der Waals surface area contributed by atoms with Crippen LogP contribution in [0.4, 0.5) is 5.69 Å². The van der Waals surface area contributed by atoms with Gasteiger partial charge in [0, 0.05) is 18.8 Å². The maximum absolute atomic E-state index is 5.53. The molecule has 0 amide bonds. The molecule has 0 radical (unpaired) electrons. The number of nitrogens with one attached hydrogen (secondary N) is 1. The summed E-state index contributed by atoms with van der Waals surface area (Å²) in [6.07, 6.45) is 6.57. The molecule has 1 N–H and O–H groups in total. The molecular weight excluding hydrogens is 240 g/mol. The Balaban J connectivity index is 1.96. The number of hydrogen-bond acceptors (Lipinski definition) is 1. The van der Waals surface area contributed by atoms with Gasteiger partial charge in [-0.25, -0.2) is 0 Å². The number of hydrogen-bond donors (Lipinski definition) is 1. The third-order valence-corrected chi connectivity index (χ3v) is 3.89. The van der Waals surface area contributed by atoms with Crippen LogP contribution < -0.4 is 5.32 Å². The smallest absolute Gasteiger partial charge is 0.173 e. The third-order valence-electron chi connectivity index (χ3n) is 3.53. The number of thiocarbonyl (C=S) groups is 1. The minimum Gasteiger partial charge on any atom is -0.349 e. The SMILES string of the molecule is Cc1ccccc1NC(=S)N1CCCCCCC1. The van der Waals surface area contributed by atoms with Crippen molar-refractivity contribution < 1.29 is 0 Å². The standard InChI is InChI=1S/C15H22N2S/c1-13-9-5-6-10-14(13)16-15(18)17-11-7-3-2-4-8-12-17/h5-6,9-10H,2-4,7-8,11-12H2,1H3,(H,16,18). The molecule has 0 spiro atoms. The summed E-state index contributed by atoms with van der Waals surface area (Å²) in [6, 6.07) is 8.30. The predicted octanol–water partition coefficient (Wildman–Crippen LogP) is 3.96. The van der Waals surface area contributed by atoms with Crippen LogP contribution in [0.2, 0.25) is 0 Å². The molecule has 0 atom stereocenters. The molecule has 0 aromatic heterocycles. The van der Waals surface area contributed by atoms with Gasteiger partial charge in [-0.3, -0.25) is 0 Å². The largest absolute Gasteiger partial charge is 0.349 e. The van der Waals surface area contributed by atoms with Crippen LogP contribution in [0.5, 0.6) is 0 Å². The van der Waals surface area contributed by atoms with Crippen LogP contribution in [-0.2, 0) is 0 Å². The molecular formula is C15H22N2S. The summed E-state index contributed by atoms with van der Waals surface area (Å²) in [5, 5.41) is 4.27. The van der Waals surface area contributed by atoms with Gasteiger partial charge in [-0.05, 0) is 43.6 Å². The molecule has 3 heteroatoms. The van der Waals surface area contributed by atoms with Crippen LogP contribution in [0.15, 0.2) is 24.3 Å². The highest BCUT2D eigenvalue weighted by molar-refractivity contribution is 7.80. The van der Waals surface area contributed by atoms with E-state index in [4.69, 9.17) is 12.2 Å². The van der Waals surface area contributed by atoms with Gasteiger partial charge in [0.2, 0.25) is 0 Å². The molecule has 1 aliphatic heterocycles. The Hall–Kier alpha value is -1.09. The highest BCUT2D eigenvalue weighted by Crippen LogP contribution is 2.16. The van der Waals surface area contributed by atoms with E-state index in [0.717, 1.165) is 23.9 Å². The molecule has 0 bridgehead atoms. The average Bonchev–Trinajstić information content (AvgIpc) is 2.31. The summed E-state index contributed by atoms with van der Waals surface area (Å²) in [5.41, 5.74) is 2.37. The van der Waals surface area contributed by atoms with Gasteiger partial charge in [0.1, 0.15) is 0 Å². The van der Waals surface area contributed by atoms with Gasteiger partial charge in [-0.2, -0.15) is 0 Å². The van der Waals surface area contributed by atoms with Crippen molar-refractivity contribution in [2.75, 3.05) is 18.4 Å². The Morgan fingerprint density at radius 3 is 2.33 bits per heavy atom. The van der Waals surface area contributed by atoms with Gasteiger partial charge >= 0.3 is 0 Å². The molecule has 1 heterocycles. The second kappa shape index (κ2) is 6.74. The van der Waals surface area contributed by atoms with E-state index in [-0.39, 0.29) is 0 Å². The van der Waals surface area contributed by atoms with E-state index in [1.165, 1.54) is 37.7 Å². The molecule has 1 aromatic rings. The summed E-state index contributed by atoms with van der Waals surface area (Å²) in [7, 11) is 0. The molecule has 1 aliphatic rings. The zero-order chi connectivity index (χ0) is 12.8. The van der Waals surface area contributed by atoms with Crippen molar-refractivity contribution in [3.8, 4) is 0 Å². The zero-order valence-electron chi connectivity index (χ0n) is 11.1. The zero-order valence-corrected chi connectivity index (χ0v) is 11.9. The van der Waals surface area contributed by atoms with E-state index in [2.05, 4.69) is 35.3 Å². The highest BCUT2D eigenvalue weighted by Gasteiger charge is 2.11. The van der Waals surface area contributed by atoms with E-state index in [1.807, 2.05) is 6.07 Å². The first kappa shape index (κ1) is 13.3. The first-order valence-electron chi connectivity index (χ1n) is 6.89. The van der Waals surface area contributed by atoms with Crippen molar-refractivity contribution >= 4 is 23.0 Å². The summed E-state index contributed by atoms with van der Waals surface area (Å²) in [4.78, 5) is 2.32. The maximum Gasteiger partial charge on any atom is 0.173 e. The summed E-state index contributed by atoms with van der Waals surface area (Å²) >= 11 is 5.53. The summed E-state index contributed by atoms with van der Waals surface area (Å²) < 4.78 is 0. The lowest BCUT2D eigenvalue weighted by molar-refractivity contribution is 0.366. The number of likely N-dealkylation sites (tertiary alicyclic amines) is 1. The van der Waals surface area contributed by atoms with Gasteiger partial charge in [0.05, 0.1) is 0 Å². The van der Waals surface area contributed by atoms with Crippen molar-refractivity contribution in [1.82, 2.24) is 4.90 Å². The van der Waals surface area contributed by atoms with E-state index in [9.17, 15) is 0 Å². The van der Waals surface area contributed by atoms with Crippen molar-refractivity contribution in [2.24, 2.45) is 0 Å². The lowest BCUT2D eigenvalue weighted by Crippen LogP contribution is -2.37. The molecule has 1 aromatic carbocycles. The van der Waals surface area contributed by atoms with Gasteiger partial charge in [-0.1, -0.05) is 37.5 Å². The molecule has 2 nitrogen and oxygen atoms in total. The molecule has 0 unspecified atom stereocenters. The number of aryl methyl sites for hydroxylation is 1. The monoisotopic (exact) mass is 262 g/mol. The van der Waals surface area contributed by atoms with Crippen molar-refractivity contribution in [3.63, 3.8) is 0 Å². The molecule has 0 saturated carbocycles. The van der Waals surface area contributed by atoms with Crippen LogP contribution in [0.1, 0.15) is 37.7 Å². The van der Waals surface area contributed by atoms with Crippen LogP contribution in [0, 0.1) is 6.92 Å². The Morgan fingerprint density at radius 2 is 1.67 bits per heavy atom. The van der Waals surface area contributed by atoms with E-state index in [1.54, 1.807) is 0 Å². The Morgan fingerprint density at radius 1 is 1.06 bits per heavy atom. The van der Waals surface area contributed by atoms with E-state index >= 15 is 0 Å². The second-order valence-electron chi connectivity index (χ2n) is 5.00. The number of nitrogens with zero attached hydrogens (tertiary/aromatic N) is 1. The fourth-order valence-electron chi connectivity index (χ4n) is 2.36. The number of rotatable bonds is 1. The predicted molar refractivity (Wildman–Crippen MR) is 82.1 cm³/mol. The lowest BCUT2D eigenvalue weighted by Gasteiger charge is -2.28. The van der Waals surface area contributed by atoms with E-state index in [0.29, 0.717) is 0 Å². The minimum absolute atomic E-state index is 0.881. The van der Waals surface area contributed by atoms with Crippen LogP contribution in [-0.4, -0.2) is 23.1 Å². The number of para-hydroxylation sites is 1. The molecule has 1 fully saturated rings. The first-order valence-corrected chi connectivity index (χ1v) is 7.30. The normalized spacial score (nSPS) is 16.8. The molecule has 98 valence electrons. The van der Waals surface area contributed by atoms with Crippen LogP contribution >= 0.6 is 12.2 Å². The van der Waals surface area contributed by atoms with Gasteiger partial charge in [-0.15, -0.1) is 0 Å². The topological polar surface area (TPSA) is 15.3 Å². The molecule has 18 heavy (non-hydrogen) atoms. The average molecular weight is 262 g/mol. The van der Waals surface area contributed by atoms with E-state index < -0.39 is 0 Å². The number of anilines is 1. The lowest BCUT2D eigenvalue weighted by atomic mass is 10.1. The van der Waals surface area contributed by atoms with Gasteiger partial charge < -0.3 is 10.2 Å². The first-order chi connectivity index (χ1) is 8.77. The third kappa shape index (κ3) is 3.70. The fraction of sp³-hybridized carbons (Fsp3) is 0.533.